The van der Waals surface area contributed by atoms with Crippen molar-refractivity contribution in [2.45, 2.75) is 13.3 Å². The van der Waals surface area contributed by atoms with Crippen molar-refractivity contribution >= 4 is 18.2 Å². The second-order valence-electron chi connectivity index (χ2n) is 12.0. The number of aldehydes is 1. The number of carboxylic acid groups (broad SMARTS) is 2. The highest BCUT2D eigenvalue weighted by atomic mass is 16.6. The van der Waals surface area contributed by atoms with Gasteiger partial charge in [-0.1, -0.05) is 6.92 Å². The summed E-state index contributed by atoms with van der Waals surface area (Å²) < 4.78 is 43.9. The van der Waals surface area contributed by atoms with Gasteiger partial charge in [-0.3, -0.25) is 29.2 Å². The number of rotatable bonds is 34. The molecule has 0 radical (unpaired) electrons. The third-order valence-corrected chi connectivity index (χ3v) is 7.69. The summed E-state index contributed by atoms with van der Waals surface area (Å²) in [4.78, 5) is 41.8. The molecule has 3 N–H and O–H groups in total. The van der Waals surface area contributed by atoms with Crippen molar-refractivity contribution in [1.29, 1.82) is 0 Å². The molecule has 1 fully saturated rings. The van der Waals surface area contributed by atoms with Gasteiger partial charge >= 0.3 is 11.9 Å². The quantitative estimate of drug-likeness (QED) is 0.0517. The van der Waals surface area contributed by atoms with E-state index in [2.05, 4.69) is 17.1 Å². The largest absolute Gasteiger partial charge is 0.480 e. The molecule has 0 amide bonds. The average molecular weight is 754 g/mol. The van der Waals surface area contributed by atoms with Gasteiger partial charge in [-0.15, -0.1) is 0 Å². The van der Waals surface area contributed by atoms with Crippen molar-refractivity contribution in [1.82, 2.24) is 24.9 Å². The van der Waals surface area contributed by atoms with Gasteiger partial charge in [0.15, 0.2) is 0 Å². The van der Waals surface area contributed by atoms with Crippen LogP contribution in [0.2, 0.25) is 0 Å². The standard InChI is InChI=1S/C34H67N5O13/c1-2-14-45-16-18-47-20-22-49-24-26-51-28-29-52-27-25-50-23-21-48-19-17-46-15-3-35-32-39-10-5-36(12-13-40)4-6-37(30-33(41)42)7-8-38(9-11-39)31-34(43)44/h13,35H,2-12,14-32H2,1H3,(H,41,42)(H,43,44). The lowest BCUT2D eigenvalue weighted by Gasteiger charge is -2.33. The van der Waals surface area contributed by atoms with E-state index in [9.17, 15) is 24.6 Å². The van der Waals surface area contributed by atoms with Gasteiger partial charge in [0.05, 0.1) is 119 Å². The molecule has 0 spiro atoms. The maximum Gasteiger partial charge on any atom is 0.317 e. The van der Waals surface area contributed by atoms with Crippen LogP contribution in [-0.4, -0.2) is 239 Å². The van der Waals surface area contributed by atoms with Crippen molar-refractivity contribution in [2.24, 2.45) is 0 Å². The number of aliphatic carboxylic acids is 2. The fourth-order valence-corrected chi connectivity index (χ4v) is 4.89. The van der Waals surface area contributed by atoms with Gasteiger partial charge in [-0.05, 0) is 6.42 Å². The monoisotopic (exact) mass is 753 g/mol. The normalized spacial score (nSPS) is 16.1. The highest BCUT2D eigenvalue weighted by Crippen LogP contribution is 2.01. The molecule has 0 bridgehead atoms. The molecule has 1 saturated heterocycles. The minimum absolute atomic E-state index is 0.114. The van der Waals surface area contributed by atoms with E-state index in [0.29, 0.717) is 165 Å². The number of ether oxygens (including phenoxy) is 8. The fourth-order valence-electron chi connectivity index (χ4n) is 4.89. The number of hydrogen-bond donors (Lipinski definition) is 3. The number of carbonyl (C=O) groups excluding carboxylic acids is 1. The Morgan fingerprint density at radius 2 is 0.808 bits per heavy atom. The van der Waals surface area contributed by atoms with E-state index in [1.807, 2.05) is 9.80 Å². The van der Waals surface area contributed by atoms with Crippen LogP contribution in [0.1, 0.15) is 13.3 Å². The Hall–Kier alpha value is -1.91. The molecule has 1 heterocycles. The van der Waals surface area contributed by atoms with E-state index in [0.717, 1.165) is 19.3 Å². The molecule has 1 aliphatic heterocycles. The van der Waals surface area contributed by atoms with E-state index >= 15 is 0 Å². The molecule has 18 heteroatoms. The first-order chi connectivity index (χ1) is 25.4. The van der Waals surface area contributed by atoms with Crippen molar-refractivity contribution in [3.8, 4) is 0 Å². The van der Waals surface area contributed by atoms with Crippen molar-refractivity contribution in [2.75, 3.05) is 191 Å². The van der Waals surface area contributed by atoms with Gasteiger partial charge in [0, 0.05) is 72.2 Å². The summed E-state index contributed by atoms with van der Waals surface area (Å²) in [6.07, 6.45) is 1.87. The summed E-state index contributed by atoms with van der Waals surface area (Å²) in [5.41, 5.74) is 0. The van der Waals surface area contributed by atoms with Crippen LogP contribution in [0.3, 0.4) is 0 Å². The second kappa shape index (κ2) is 36.1. The topological polar surface area (TPSA) is 190 Å². The SMILES string of the molecule is CCCOCCOCCOCCOCCOCCOCCOCCOCCNCN1CCN(CC=O)CCN(CC(=O)O)CCN(CC(=O)O)CC1. The van der Waals surface area contributed by atoms with Crippen LogP contribution in [0.4, 0.5) is 0 Å². The maximum absolute atomic E-state index is 11.4. The molecule has 0 atom stereocenters. The van der Waals surface area contributed by atoms with E-state index in [1.165, 1.54) is 0 Å². The van der Waals surface area contributed by atoms with E-state index in [1.54, 1.807) is 4.90 Å². The predicted octanol–water partition coefficient (Wildman–Crippen LogP) is -1.33. The first-order valence-corrected chi connectivity index (χ1v) is 18.5. The van der Waals surface area contributed by atoms with Crippen LogP contribution in [0.5, 0.6) is 0 Å². The molecule has 1 rings (SSSR count). The molecule has 52 heavy (non-hydrogen) atoms. The Balaban J connectivity index is 2.04. The Labute approximate surface area is 309 Å². The number of nitrogens with zero attached hydrogens (tertiary/aromatic N) is 4. The van der Waals surface area contributed by atoms with Gasteiger partial charge in [-0.25, -0.2) is 0 Å². The van der Waals surface area contributed by atoms with Crippen LogP contribution in [0.25, 0.3) is 0 Å². The summed E-state index contributed by atoms with van der Waals surface area (Å²) in [6, 6.07) is 0. The lowest BCUT2D eigenvalue weighted by atomic mass is 10.3. The molecule has 0 aromatic carbocycles. The fraction of sp³-hybridized carbons (Fsp3) is 0.912. The van der Waals surface area contributed by atoms with Gasteiger partial charge in [0.1, 0.15) is 6.29 Å². The van der Waals surface area contributed by atoms with Gasteiger partial charge in [0.2, 0.25) is 0 Å². The van der Waals surface area contributed by atoms with Crippen molar-refractivity contribution in [3.05, 3.63) is 0 Å². The molecule has 306 valence electrons. The summed E-state index contributed by atoms with van der Waals surface area (Å²) in [5.74, 6) is -1.86. The number of hydrogen-bond acceptors (Lipinski definition) is 16. The number of carboxylic acids is 2. The lowest BCUT2D eigenvalue weighted by Crippen LogP contribution is -2.49. The number of nitrogens with one attached hydrogen (secondary N) is 1. The zero-order valence-corrected chi connectivity index (χ0v) is 31.5. The Bertz CT molecular complexity index is 852. The van der Waals surface area contributed by atoms with E-state index < -0.39 is 11.9 Å². The minimum atomic E-state index is -0.936. The molecule has 18 nitrogen and oxygen atoms in total. The average Bonchev–Trinajstić information content (AvgIpc) is 3.11. The van der Waals surface area contributed by atoms with Gasteiger partial charge < -0.3 is 58.2 Å². The molecule has 0 aliphatic carbocycles. The van der Waals surface area contributed by atoms with E-state index in [-0.39, 0.29) is 19.6 Å². The first kappa shape index (κ1) is 48.1. The zero-order chi connectivity index (χ0) is 37.7. The lowest BCUT2D eigenvalue weighted by molar-refractivity contribution is -0.140. The van der Waals surface area contributed by atoms with Gasteiger partial charge in [0.25, 0.3) is 0 Å². The smallest absolute Gasteiger partial charge is 0.317 e. The first-order valence-electron chi connectivity index (χ1n) is 18.5. The molecule has 0 saturated carbocycles. The molecule has 0 aromatic rings. The van der Waals surface area contributed by atoms with Crippen LogP contribution in [-0.2, 0) is 52.3 Å². The van der Waals surface area contributed by atoms with Gasteiger partial charge in [-0.2, -0.15) is 0 Å². The van der Waals surface area contributed by atoms with E-state index in [4.69, 9.17) is 37.9 Å². The summed E-state index contributed by atoms with van der Waals surface area (Å²) in [7, 11) is 0. The van der Waals surface area contributed by atoms with Crippen LogP contribution in [0.15, 0.2) is 0 Å². The Morgan fingerprint density at radius 3 is 1.13 bits per heavy atom. The summed E-state index contributed by atoms with van der Waals surface area (Å²) in [5, 5.41) is 22.0. The molecule has 1 aliphatic rings. The predicted molar refractivity (Wildman–Crippen MR) is 192 cm³/mol. The molecular formula is C34H67N5O13. The van der Waals surface area contributed by atoms with Crippen molar-refractivity contribution < 1.29 is 62.5 Å². The zero-order valence-electron chi connectivity index (χ0n) is 31.5. The highest BCUT2D eigenvalue weighted by molar-refractivity contribution is 5.69. The second-order valence-corrected chi connectivity index (χ2v) is 12.0. The van der Waals surface area contributed by atoms with Crippen molar-refractivity contribution in [3.63, 3.8) is 0 Å². The summed E-state index contributed by atoms with van der Waals surface area (Å²) in [6.45, 7) is 16.0. The third kappa shape index (κ3) is 31.6. The molecule has 0 unspecified atom stereocenters. The number of carbonyl (C=O) groups is 3. The maximum atomic E-state index is 11.4. The summed E-state index contributed by atoms with van der Waals surface area (Å²) >= 11 is 0. The van der Waals surface area contributed by atoms with Crippen LogP contribution >= 0.6 is 0 Å². The third-order valence-electron chi connectivity index (χ3n) is 7.69. The Morgan fingerprint density at radius 1 is 0.500 bits per heavy atom. The van der Waals surface area contributed by atoms with Crippen LogP contribution < -0.4 is 5.32 Å². The molecule has 0 aromatic heterocycles. The highest BCUT2D eigenvalue weighted by Gasteiger charge is 2.19. The molecular weight excluding hydrogens is 686 g/mol. The minimum Gasteiger partial charge on any atom is -0.480 e. The van der Waals surface area contributed by atoms with Crippen LogP contribution in [0, 0.1) is 0 Å². The Kier molecular flexibility index (Phi) is 33.4.